The third-order valence-electron chi connectivity index (χ3n) is 2.94. The number of anilines is 1. The fraction of sp³-hybridized carbons (Fsp3) is 0.500. The van der Waals surface area contributed by atoms with E-state index in [9.17, 15) is 0 Å². The van der Waals surface area contributed by atoms with Gasteiger partial charge in [0.1, 0.15) is 17.5 Å². The van der Waals surface area contributed by atoms with E-state index in [0.29, 0.717) is 12.2 Å². The van der Waals surface area contributed by atoms with Crippen LogP contribution in [0.3, 0.4) is 0 Å². The average Bonchev–Trinajstić information content (AvgIpc) is 2.76. The first-order chi connectivity index (χ1) is 9.10. The third-order valence-corrected chi connectivity index (χ3v) is 2.94. The monoisotopic (exact) mass is 259 g/mol. The molecule has 0 radical (unpaired) electrons. The van der Waals surface area contributed by atoms with Crippen LogP contribution in [0.1, 0.15) is 50.5 Å². The number of nitrogens with two attached hydrogens (primary N) is 1. The fourth-order valence-corrected chi connectivity index (χ4v) is 2.00. The topological polar surface area (TPSA) is 69.6 Å². The molecule has 0 amide bonds. The van der Waals surface area contributed by atoms with Crippen LogP contribution in [0.25, 0.3) is 0 Å². The van der Waals surface area contributed by atoms with Crippen LogP contribution in [0.5, 0.6) is 0 Å². The standard InChI is InChI=1S/C14H21N5/c1-4-6-19-7-5-16-13(19)9-11-8-12(15)18-14(17-11)10(2)3/h5,7-8,10H,4,6,9H2,1-3H3,(H2,15,17,18). The second-order valence-corrected chi connectivity index (χ2v) is 5.01. The minimum Gasteiger partial charge on any atom is -0.384 e. The predicted molar refractivity (Wildman–Crippen MR) is 75.9 cm³/mol. The summed E-state index contributed by atoms with van der Waals surface area (Å²) < 4.78 is 2.16. The second-order valence-electron chi connectivity index (χ2n) is 5.01. The Bertz CT molecular complexity index is 545. The molecule has 5 nitrogen and oxygen atoms in total. The van der Waals surface area contributed by atoms with Crippen LogP contribution in [0.2, 0.25) is 0 Å². The molecule has 0 spiro atoms. The van der Waals surface area contributed by atoms with Crippen molar-refractivity contribution in [2.45, 2.75) is 46.1 Å². The zero-order valence-corrected chi connectivity index (χ0v) is 11.8. The van der Waals surface area contributed by atoms with Crippen molar-refractivity contribution in [3.8, 4) is 0 Å². The molecule has 2 aromatic rings. The molecule has 5 heteroatoms. The summed E-state index contributed by atoms with van der Waals surface area (Å²) >= 11 is 0. The molecule has 0 aliphatic carbocycles. The van der Waals surface area contributed by atoms with Gasteiger partial charge in [0.25, 0.3) is 0 Å². The molecule has 19 heavy (non-hydrogen) atoms. The summed E-state index contributed by atoms with van der Waals surface area (Å²) in [6, 6.07) is 1.83. The summed E-state index contributed by atoms with van der Waals surface area (Å²) in [4.78, 5) is 13.2. The van der Waals surface area contributed by atoms with Gasteiger partial charge in [0.05, 0.1) is 5.69 Å². The largest absolute Gasteiger partial charge is 0.384 e. The van der Waals surface area contributed by atoms with Crippen LogP contribution >= 0.6 is 0 Å². The van der Waals surface area contributed by atoms with Crippen molar-refractivity contribution in [1.29, 1.82) is 0 Å². The number of aryl methyl sites for hydroxylation is 1. The number of rotatable bonds is 5. The van der Waals surface area contributed by atoms with Crippen LogP contribution in [-0.4, -0.2) is 19.5 Å². The Kier molecular flexibility index (Phi) is 4.14. The Morgan fingerprint density at radius 2 is 2.11 bits per heavy atom. The lowest BCUT2D eigenvalue weighted by molar-refractivity contribution is 0.643. The first kappa shape index (κ1) is 13.5. The van der Waals surface area contributed by atoms with Crippen molar-refractivity contribution < 1.29 is 0 Å². The number of aromatic nitrogens is 4. The van der Waals surface area contributed by atoms with Crippen molar-refractivity contribution in [2.24, 2.45) is 0 Å². The van der Waals surface area contributed by atoms with E-state index in [0.717, 1.165) is 30.3 Å². The SMILES string of the molecule is CCCn1ccnc1Cc1cc(N)nc(C(C)C)n1. The van der Waals surface area contributed by atoms with Crippen molar-refractivity contribution in [2.75, 3.05) is 5.73 Å². The number of nitrogens with zero attached hydrogens (tertiary/aromatic N) is 4. The van der Waals surface area contributed by atoms with E-state index in [4.69, 9.17) is 5.73 Å². The number of imidazole rings is 1. The van der Waals surface area contributed by atoms with Gasteiger partial charge in [0.2, 0.25) is 0 Å². The van der Waals surface area contributed by atoms with Gasteiger partial charge in [-0.15, -0.1) is 0 Å². The van der Waals surface area contributed by atoms with Gasteiger partial charge >= 0.3 is 0 Å². The van der Waals surface area contributed by atoms with Crippen LogP contribution < -0.4 is 5.73 Å². The minimum absolute atomic E-state index is 0.276. The van der Waals surface area contributed by atoms with Gasteiger partial charge in [-0.1, -0.05) is 20.8 Å². The van der Waals surface area contributed by atoms with Crippen molar-refractivity contribution >= 4 is 5.82 Å². The van der Waals surface area contributed by atoms with Crippen molar-refractivity contribution in [1.82, 2.24) is 19.5 Å². The maximum atomic E-state index is 5.84. The van der Waals surface area contributed by atoms with E-state index in [1.165, 1.54) is 0 Å². The van der Waals surface area contributed by atoms with Gasteiger partial charge < -0.3 is 10.3 Å². The normalized spacial score (nSPS) is 11.2. The number of hydrogen-bond acceptors (Lipinski definition) is 4. The molecule has 0 aliphatic rings. The Labute approximate surface area is 113 Å². The molecule has 0 atom stereocenters. The highest BCUT2D eigenvalue weighted by atomic mass is 15.1. The van der Waals surface area contributed by atoms with Crippen molar-refractivity contribution in [3.63, 3.8) is 0 Å². The molecular weight excluding hydrogens is 238 g/mol. The third kappa shape index (κ3) is 3.30. The lowest BCUT2D eigenvalue weighted by Crippen LogP contribution is -2.08. The molecule has 102 valence electrons. The zero-order chi connectivity index (χ0) is 13.8. The minimum atomic E-state index is 0.276. The van der Waals surface area contributed by atoms with Gasteiger partial charge in [-0.25, -0.2) is 15.0 Å². The quantitative estimate of drug-likeness (QED) is 0.895. The molecule has 0 aromatic carbocycles. The second kappa shape index (κ2) is 5.82. The molecule has 2 N–H and O–H groups in total. The molecule has 0 bridgehead atoms. The molecule has 0 unspecified atom stereocenters. The maximum Gasteiger partial charge on any atom is 0.133 e. The van der Waals surface area contributed by atoms with E-state index < -0.39 is 0 Å². The maximum absolute atomic E-state index is 5.84. The molecule has 0 saturated carbocycles. The van der Waals surface area contributed by atoms with Gasteiger partial charge in [-0.3, -0.25) is 0 Å². The molecular formula is C14H21N5. The summed E-state index contributed by atoms with van der Waals surface area (Å²) in [5, 5.41) is 0. The highest BCUT2D eigenvalue weighted by molar-refractivity contribution is 5.31. The van der Waals surface area contributed by atoms with E-state index in [1.54, 1.807) is 0 Å². The van der Waals surface area contributed by atoms with E-state index in [2.05, 4.69) is 40.3 Å². The summed E-state index contributed by atoms with van der Waals surface area (Å²) in [5.41, 5.74) is 6.77. The van der Waals surface area contributed by atoms with Crippen LogP contribution in [0, 0.1) is 0 Å². The van der Waals surface area contributed by atoms with Crippen LogP contribution in [0.4, 0.5) is 5.82 Å². The molecule has 0 fully saturated rings. The lowest BCUT2D eigenvalue weighted by Gasteiger charge is -2.09. The summed E-state index contributed by atoms with van der Waals surface area (Å²) in [7, 11) is 0. The highest BCUT2D eigenvalue weighted by Crippen LogP contribution is 2.14. The van der Waals surface area contributed by atoms with Crippen LogP contribution in [-0.2, 0) is 13.0 Å². The number of nitrogen functional groups attached to an aromatic ring is 1. The lowest BCUT2D eigenvalue weighted by atomic mass is 10.2. The van der Waals surface area contributed by atoms with Crippen molar-refractivity contribution in [3.05, 3.63) is 35.8 Å². The summed E-state index contributed by atoms with van der Waals surface area (Å²) in [6.07, 6.45) is 5.62. The molecule has 2 rings (SSSR count). The van der Waals surface area contributed by atoms with E-state index in [1.807, 2.05) is 18.5 Å². The average molecular weight is 259 g/mol. The molecule has 0 saturated heterocycles. The van der Waals surface area contributed by atoms with Gasteiger partial charge in [0.15, 0.2) is 0 Å². The smallest absolute Gasteiger partial charge is 0.133 e. The zero-order valence-electron chi connectivity index (χ0n) is 11.8. The van der Waals surface area contributed by atoms with Gasteiger partial charge in [0, 0.05) is 37.3 Å². The first-order valence-corrected chi connectivity index (χ1v) is 6.73. The molecule has 2 aromatic heterocycles. The summed E-state index contributed by atoms with van der Waals surface area (Å²) in [5.74, 6) is 2.62. The predicted octanol–water partition coefficient (Wildman–Crippen LogP) is 2.38. The fourth-order valence-electron chi connectivity index (χ4n) is 2.00. The molecule has 0 aliphatic heterocycles. The Balaban J connectivity index is 2.25. The van der Waals surface area contributed by atoms with Gasteiger partial charge in [-0.05, 0) is 6.42 Å². The Morgan fingerprint density at radius 1 is 1.32 bits per heavy atom. The van der Waals surface area contributed by atoms with Crippen LogP contribution in [0.15, 0.2) is 18.5 Å². The summed E-state index contributed by atoms with van der Waals surface area (Å²) in [6.45, 7) is 7.27. The Morgan fingerprint density at radius 3 is 2.79 bits per heavy atom. The number of hydrogen-bond donors (Lipinski definition) is 1. The van der Waals surface area contributed by atoms with E-state index >= 15 is 0 Å². The first-order valence-electron chi connectivity index (χ1n) is 6.73. The van der Waals surface area contributed by atoms with E-state index in [-0.39, 0.29) is 5.92 Å². The van der Waals surface area contributed by atoms with Gasteiger partial charge in [-0.2, -0.15) is 0 Å². The molecule has 2 heterocycles. The Hall–Kier alpha value is -1.91. The highest BCUT2D eigenvalue weighted by Gasteiger charge is 2.09.